The summed E-state index contributed by atoms with van der Waals surface area (Å²) in [6, 6.07) is 6.15. The summed E-state index contributed by atoms with van der Waals surface area (Å²) >= 11 is 1.45. The molecule has 0 saturated heterocycles. The van der Waals surface area contributed by atoms with E-state index in [0.717, 1.165) is 4.88 Å². The van der Waals surface area contributed by atoms with Gasteiger partial charge in [-0.3, -0.25) is 4.98 Å². The first-order chi connectivity index (χ1) is 10.1. The van der Waals surface area contributed by atoms with Crippen LogP contribution in [0.25, 0.3) is 0 Å². The van der Waals surface area contributed by atoms with Gasteiger partial charge < -0.3 is 20.5 Å². The van der Waals surface area contributed by atoms with Gasteiger partial charge in [0.05, 0.1) is 12.1 Å². The molecule has 0 unspecified atom stereocenters. The van der Waals surface area contributed by atoms with E-state index in [-0.39, 0.29) is 6.03 Å². The summed E-state index contributed by atoms with van der Waals surface area (Å²) in [7, 11) is 0. The summed E-state index contributed by atoms with van der Waals surface area (Å²) in [4.78, 5) is 27.0. The first kappa shape index (κ1) is 14.8. The number of carboxylic acids is 1. The van der Waals surface area contributed by atoms with Crippen LogP contribution in [-0.4, -0.2) is 28.7 Å². The van der Waals surface area contributed by atoms with Crippen LogP contribution in [0.4, 0.5) is 10.5 Å². The Morgan fingerprint density at radius 1 is 1.38 bits per heavy atom. The van der Waals surface area contributed by atoms with Gasteiger partial charge in [0.15, 0.2) is 6.61 Å². The highest BCUT2D eigenvalue weighted by Crippen LogP contribution is 2.17. The molecular formula is C13H13N3O4S. The number of benzene rings is 1. The van der Waals surface area contributed by atoms with Crippen LogP contribution in [0.15, 0.2) is 36.0 Å². The second-order valence-electron chi connectivity index (χ2n) is 3.99. The highest BCUT2D eigenvalue weighted by atomic mass is 32.1. The zero-order valence-corrected chi connectivity index (χ0v) is 11.7. The lowest BCUT2D eigenvalue weighted by molar-refractivity contribution is -0.139. The number of carbonyl (C=O) groups is 2. The molecule has 0 fully saturated rings. The van der Waals surface area contributed by atoms with Crippen molar-refractivity contribution in [1.29, 1.82) is 0 Å². The van der Waals surface area contributed by atoms with E-state index in [1.165, 1.54) is 11.3 Å². The number of aliphatic carboxylic acids is 1. The number of carbonyl (C=O) groups excluding carboxylic acids is 1. The fraction of sp³-hybridized carbons (Fsp3) is 0.154. The summed E-state index contributed by atoms with van der Waals surface area (Å²) < 4.78 is 5.03. The normalized spacial score (nSPS) is 9.90. The lowest BCUT2D eigenvalue weighted by atomic mass is 10.3. The SMILES string of the molecule is O=C(O)COc1cccc(NC(=O)NCc2cncs2)c1. The molecule has 110 valence electrons. The number of anilines is 1. The highest BCUT2D eigenvalue weighted by molar-refractivity contribution is 7.09. The smallest absolute Gasteiger partial charge is 0.341 e. The second-order valence-corrected chi connectivity index (χ2v) is 4.96. The van der Waals surface area contributed by atoms with E-state index in [1.807, 2.05) is 0 Å². The van der Waals surface area contributed by atoms with Gasteiger partial charge in [-0.25, -0.2) is 9.59 Å². The molecular weight excluding hydrogens is 294 g/mol. The van der Waals surface area contributed by atoms with Crippen molar-refractivity contribution in [1.82, 2.24) is 10.3 Å². The van der Waals surface area contributed by atoms with Crippen molar-refractivity contribution in [3.8, 4) is 5.75 Å². The largest absolute Gasteiger partial charge is 0.482 e. The third-order valence-corrected chi connectivity index (χ3v) is 3.14. The molecule has 7 nitrogen and oxygen atoms in total. The molecule has 1 heterocycles. The maximum absolute atomic E-state index is 11.7. The van der Waals surface area contributed by atoms with Crippen molar-refractivity contribution in [2.45, 2.75) is 6.54 Å². The number of ether oxygens (including phenoxy) is 1. The number of thiazole rings is 1. The van der Waals surface area contributed by atoms with Gasteiger partial charge in [-0.15, -0.1) is 11.3 Å². The van der Waals surface area contributed by atoms with Gasteiger partial charge in [0.1, 0.15) is 5.75 Å². The number of nitrogens with one attached hydrogen (secondary N) is 2. The standard InChI is InChI=1S/C13H13N3O4S/c17-12(18)7-20-10-3-1-2-9(4-10)16-13(19)15-6-11-5-14-8-21-11/h1-5,8H,6-7H2,(H,17,18)(H2,15,16,19). The van der Waals surface area contributed by atoms with Crippen molar-refractivity contribution >= 4 is 29.0 Å². The molecule has 0 aliphatic carbocycles. The minimum atomic E-state index is -1.06. The van der Waals surface area contributed by atoms with Crippen LogP contribution in [-0.2, 0) is 11.3 Å². The molecule has 21 heavy (non-hydrogen) atoms. The summed E-state index contributed by atoms with van der Waals surface area (Å²) in [5, 5.41) is 13.9. The number of rotatable bonds is 6. The van der Waals surface area contributed by atoms with Crippen LogP contribution < -0.4 is 15.4 Å². The number of urea groups is 1. The molecule has 2 rings (SSSR count). The Labute approximate surface area is 124 Å². The quantitative estimate of drug-likeness (QED) is 0.757. The lowest BCUT2D eigenvalue weighted by Crippen LogP contribution is -2.27. The average Bonchev–Trinajstić information content (AvgIpc) is 2.97. The minimum Gasteiger partial charge on any atom is -0.482 e. The molecule has 0 atom stereocenters. The van der Waals surface area contributed by atoms with Crippen molar-refractivity contribution in [2.24, 2.45) is 0 Å². The predicted molar refractivity (Wildman–Crippen MR) is 77.5 cm³/mol. The van der Waals surface area contributed by atoms with E-state index in [1.54, 1.807) is 36.0 Å². The summed E-state index contributed by atoms with van der Waals surface area (Å²) in [6.45, 7) is -0.0350. The topological polar surface area (TPSA) is 101 Å². The van der Waals surface area contributed by atoms with Gasteiger partial charge in [0.25, 0.3) is 0 Å². The maximum atomic E-state index is 11.7. The molecule has 1 aromatic carbocycles. The second kappa shape index (κ2) is 7.25. The lowest BCUT2D eigenvalue weighted by Gasteiger charge is -2.08. The highest BCUT2D eigenvalue weighted by Gasteiger charge is 2.04. The van der Waals surface area contributed by atoms with Gasteiger partial charge in [-0.1, -0.05) is 6.07 Å². The Morgan fingerprint density at radius 3 is 2.95 bits per heavy atom. The van der Waals surface area contributed by atoms with E-state index in [4.69, 9.17) is 9.84 Å². The van der Waals surface area contributed by atoms with Crippen molar-refractivity contribution < 1.29 is 19.4 Å². The van der Waals surface area contributed by atoms with Gasteiger partial charge in [0.2, 0.25) is 0 Å². The van der Waals surface area contributed by atoms with E-state index in [9.17, 15) is 9.59 Å². The van der Waals surface area contributed by atoms with E-state index in [0.29, 0.717) is 18.0 Å². The summed E-state index contributed by atoms with van der Waals surface area (Å²) in [5.74, 6) is -0.687. The summed E-state index contributed by atoms with van der Waals surface area (Å²) in [5.41, 5.74) is 2.21. The molecule has 0 saturated carbocycles. The Kier molecular flexibility index (Phi) is 5.10. The number of aromatic nitrogens is 1. The molecule has 0 radical (unpaired) electrons. The predicted octanol–water partition coefficient (Wildman–Crippen LogP) is 1.93. The minimum absolute atomic E-state index is 0.362. The van der Waals surface area contributed by atoms with Crippen LogP contribution in [0.5, 0.6) is 5.75 Å². The molecule has 1 aromatic heterocycles. The molecule has 0 spiro atoms. The Bertz CT molecular complexity index is 616. The van der Waals surface area contributed by atoms with Gasteiger partial charge in [-0.05, 0) is 12.1 Å². The Morgan fingerprint density at radius 2 is 2.24 bits per heavy atom. The number of nitrogens with zero attached hydrogens (tertiary/aromatic N) is 1. The number of hydrogen-bond donors (Lipinski definition) is 3. The first-order valence-electron chi connectivity index (χ1n) is 6.00. The van der Waals surface area contributed by atoms with Gasteiger partial charge >= 0.3 is 12.0 Å². The Hall–Kier alpha value is -2.61. The monoisotopic (exact) mass is 307 g/mol. The fourth-order valence-corrected chi connectivity index (χ4v) is 2.02. The maximum Gasteiger partial charge on any atom is 0.341 e. The number of carboxylic acid groups (broad SMARTS) is 1. The molecule has 0 aliphatic heterocycles. The van der Waals surface area contributed by atoms with E-state index < -0.39 is 12.6 Å². The van der Waals surface area contributed by atoms with E-state index in [2.05, 4.69) is 15.6 Å². The number of hydrogen-bond acceptors (Lipinski definition) is 5. The molecule has 3 N–H and O–H groups in total. The van der Waals surface area contributed by atoms with Crippen LogP contribution >= 0.6 is 11.3 Å². The summed E-state index contributed by atoms with van der Waals surface area (Å²) in [6.07, 6.45) is 1.69. The fourth-order valence-electron chi connectivity index (χ4n) is 1.48. The number of amides is 2. The molecule has 2 amide bonds. The van der Waals surface area contributed by atoms with Crippen LogP contribution in [0.1, 0.15) is 4.88 Å². The van der Waals surface area contributed by atoms with Crippen LogP contribution in [0.2, 0.25) is 0 Å². The molecule has 0 bridgehead atoms. The zero-order chi connectivity index (χ0) is 15.1. The Balaban J connectivity index is 1.85. The third kappa shape index (κ3) is 5.11. The molecule has 0 aliphatic rings. The van der Waals surface area contributed by atoms with Crippen molar-refractivity contribution in [3.63, 3.8) is 0 Å². The molecule has 2 aromatic rings. The third-order valence-electron chi connectivity index (χ3n) is 2.36. The van der Waals surface area contributed by atoms with Gasteiger partial charge in [-0.2, -0.15) is 0 Å². The van der Waals surface area contributed by atoms with Crippen LogP contribution in [0.3, 0.4) is 0 Å². The van der Waals surface area contributed by atoms with Crippen LogP contribution in [0, 0.1) is 0 Å². The molecule has 8 heteroatoms. The average molecular weight is 307 g/mol. The first-order valence-corrected chi connectivity index (χ1v) is 6.88. The zero-order valence-electron chi connectivity index (χ0n) is 10.9. The van der Waals surface area contributed by atoms with Crippen molar-refractivity contribution in [3.05, 3.63) is 40.8 Å². The van der Waals surface area contributed by atoms with E-state index >= 15 is 0 Å². The van der Waals surface area contributed by atoms with Gasteiger partial charge in [0, 0.05) is 22.8 Å². The van der Waals surface area contributed by atoms with Crippen molar-refractivity contribution in [2.75, 3.05) is 11.9 Å².